The first-order valence-corrected chi connectivity index (χ1v) is 12.0. The number of carbonyl (C=O) groups is 3. The first-order chi connectivity index (χ1) is 16.4. The van der Waals surface area contributed by atoms with Crippen LogP contribution in [0.3, 0.4) is 0 Å². The van der Waals surface area contributed by atoms with Gasteiger partial charge < -0.3 is 19.5 Å². The molecule has 0 fully saturated rings. The van der Waals surface area contributed by atoms with Crippen molar-refractivity contribution in [1.29, 1.82) is 0 Å². The maximum absolute atomic E-state index is 13.7. The lowest BCUT2D eigenvalue weighted by atomic mass is 9.92. The average Bonchev–Trinajstić information content (AvgIpc) is 3.03. The molecule has 0 aliphatic carbocycles. The van der Waals surface area contributed by atoms with E-state index in [0.717, 1.165) is 16.8 Å². The number of rotatable bonds is 9. The van der Waals surface area contributed by atoms with Gasteiger partial charge in [0.15, 0.2) is 5.78 Å². The summed E-state index contributed by atoms with van der Waals surface area (Å²) < 4.78 is 6.56. The second-order valence-electron chi connectivity index (χ2n) is 9.52. The molecule has 2 amide bonds. The fourth-order valence-electron chi connectivity index (χ4n) is 4.51. The van der Waals surface area contributed by atoms with E-state index in [0.29, 0.717) is 22.5 Å². The van der Waals surface area contributed by atoms with Gasteiger partial charge in [-0.05, 0) is 49.3 Å². The Bertz CT molecular complexity index is 1100. The zero-order valence-corrected chi connectivity index (χ0v) is 22.5. The molecule has 2 rings (SSSR count). The molecule has 2 aromatic rings. The summed E-state index contributed by atoms with van der Waals surface area (Å²) in [6, 6.07) is 4.88. The number of aromatic nitrogens is 1. The molecule has 7 nitrogen and oxygen atoms in total. The van der Waals surface area contributed by atoms with Gasteiger partial charge in [-0.2, -0.15) is 0 Å². The number of carbonyl (C=O) groups excluding carboxylic acids is 3. The molecule has 1 aromatic carbocycles. The molecule has 0 bridgehead atoms. The number of para-hydroxylation sites is 1. The number of Topliss-reactive ketones (excluding diaryl/α,β-unsaturated/α-hetero) is 1. The lowest BCUT2D eigenvalue weighted by molar-refractivity contribution is 0.0588. The van der Waals surface area contributed by atoms with Gasteiger partial charge in [-0.3, -0.25) is 4.79 Å². The summed E-state index contributed by atoms with van der Waals surface area (Å²) >= 11 is 0. The number of ketones is 1. The van der Waals surface area contributed by atoms with Gasteiger partial charge in [-0.15, -0.1) is 6.58 Å². The lowest BCUT2D eigenvalue weighted by Gasteiger charge is -2.29. The molecule has 1 aromatic heterocycles. The van der Waals surface area contributed by atoms with E-state index in [1.165, 1.54) is 12.0 Å². The number of urea groups is 1. The van der Waals surface area contributed by atoms with Crippen molar-refractivity contribution >= 4 is 23.5 Å². The second-order valence-corrected chi connectivity index (χ2v) is 9.52. The van der Waals surface area contributed by atoms with Gasteiger partial charge in [0, 0.05) is 30.5 Å². The van der Waals surface area contributed by atoms with Crippen LogP contribution in [0.4, 0.5) is 10.5 Å². The average molecular weight is 482 g/mol. The molecular formula is C28H39N3O4. The quantitative estimate of drug-likeness (QED) is 0.272. The van der Waals surface area contributed by atoms with Crippen LogP contribution in [0.5, 0.6) is 0 Å². The largest absolute Gasteiger partial charge is 0.464 e. The molecule has 0 radical (unpaired) electrons. The van der Waals surface area contributed by atoms with Crippen molar-refractivity contribution in [3.8, 4) is 0 Å². The van der Waals surface area contributed by atoms with Gasteiger partial charge in [-0.25, -0.2) is 9.59 Å². The Morgan fingerprint density at radius 2 is 1.63 bits per heavy atom. The zero-order valence-electron chi connectivity index (χ0n) is 22.5. The van der Waals surface area contributed by atoms with E-state index < -0.39 is 12.0 Å². The third-order valence-electron chi connectivity index (χ3n) is 6.59. The van der Waals surface area contributed by atoms with E-state index in [4.69, 9.17) is 4.74 Å². The van der Waals surface area contributed by atoms with E-state index in [1.54, 1.807) is 38.5 Å². The number of hydrogen-bond acceptors (Lipinski definition) is 4. The van der Waals surface area contributed by atoms with Crippen LogP contribution in [0.2, 0.25) is 0 Å². The predicted octanol–water partition coefficient (Wildman–Crippen LogP) is 5.97. The second kappa shape index (κ2) is 11.4. The summed E-state index contributed by atoms with van der Waals surface area (Å²) in [6.45, 7) is 17.5. The molecule has 0 saturated heterocycles. The van der Waals surface area contributed by atoms with Gasteiger partial charge >= 0.3 is 12.0 Å². The number of anilines is 1. The number of benzene rings is 1. The van der Waals surface area contributed by atoms with Crippen LogP contribution in [0.15, 0.2) is 30.9 Å². The Morgan fingerprint density at radius 3 is 2.09 bits per heavy atom. The van der Waals surface area contributed by atoms with Gasteiger partial charge in [0.1, 0.15) is 5.69 Å². The number of nitrogens with one attached hydrogen (secondary N) is 1. The van der Waals surface area contributed by atoms with Crippen molar-refractivity contribution in [2.24, 2.45) is 7.05 Å². The minimum atomic E-state index is -0.785. The van der Waals surface area contributed by atoms with Crippen LogP contribution in [-0.2, 0) is 11.8 Å². The van der Waals surface area contributed by atoms with Crippen LogP contribution in [0.25, 0.3) is 0 Å². The van der Waals surface area contributed by atoms with Gasteiger partial charge in [-0.1, -0.05) is 52.0 Å². The summed E-state index contributed by atoms with van der Waals surface area (Å²) in [5.41, 5.74) is 4.81. The molecular weight excluding hydrogens is 442 g/mol. The van der Waals surface area contributed by atoms with Crippen molar-refractivity contribution < 1.29 is 19.1 Å². The Balaban J connectivity index is 2.48. The van der Waals surface area contributed by atoms with Crippen LogP contribution < -0.4 is 5.32 Å². The van der Waals surface area contributed by atoms with Crippen LogP contribution in [0.1, 0.15) is 89.7 Å². The summed E-state index contributed by atoms with van der Waals surface area (Å²) in [7, 11) is 3.03. The van der Waals surface area contributed by atoms with Crippen LogP contribution >= 0.6 is 0 Å². The molecule has 0 aliphatic rings. The Hall–Kier alpha value is -3.35. The molecule has 190 valence electrons. The van der Waals surface area contributed by atoms with E-state index in [-0.39, 0.29) is 30.2 Å². The molecule has 0 spiro atoms. The van der Waals surface area contributed by atoms with Crippen molar-refractivity contribution in [2.75, 3.05) is 19.0 Å². The van der Waals surface area contributed by atoms with Crippen molar-refractivity contribution in [3.05, 3.63) is 64.5 Å². The highest BCUT2D eigenvalue weighted by molar-refractivity contribution is 6.07. The fourth-order valence-corrected chi connectivity index (χ4v) is 4.51. The van der Waals surface area contributed by atoms with Gasteiger partial charge in [0.2, 0.25) is 0 Å². The number of esters is 1. The molecule has 1 unspecified atom stereocenters. The van der Waals surface area contributed by atoms with Crippen LogP contribution in [0, 0.1) is 13.8 Å². The maximum Gasteiger partial charge on any atom is 0.354 e. The normalized spacial score (nSPS) is 12.0. The Morgan fingerprint density at radius 1 is 1.09 bits per heavy atom. The fraction of sp³-hybridized carbons (Fsp3) is 0.464. The molecule has 0 saturated carbocycles. The lowest BCUT2D eigenvalue weighted by Crippen LogP contribution is -2.46. The van der Waals surface area contributed by atoms with E-state index in [2.05, 4.69) is 39.6 Å². The van der Waals surface area contributed by atoms with Gasteiger partial charge in [0.25, 0.3) is 0 Å². The van der Waals surface area contributed by atoms with Crippen molar-refractivity contribution in [3.63, 3.8) is 0 Å². The zero-order chi connectivity index (χ0) is 26.6. The van der Waals surface area contributed by atoms with E-state index in [1.807, 2.05) is 18.2 Å². The standard InChI is InChI=1S/C28H39N3O4/c1-11-15-31(28(34)29-24-21(16(2)3)13-12-14-22(24)17(4)5)20(8)26(32)23-18(6)25(27(33)35-10)30(9)19(23)7/h11-14,16-17,20H,1,15H2,2-10H3,(H,29,34). The first-order valence-electron chi connectivity index (χ1n) is 12.0. The molecule has 1 heterocycles. The Kier molecular flexibility index (Phi) is 9.07. The maximum atomic E-state index is 13.7. The third kappa shape index (κ3) is 5.50. The number of amides is 2. The monoisotopic (exact) mass is 481 g/mol. The molecule has 1 atom stereocenters. The molecule has 1 N–H and O–H groups in total. The van der Waals surface area contributed by atoms with Crippen LogP contribution in [-0.4, -0.2) is 46.9 Å². The summed E-state index contributed by atoms with van der Waals surface area (Å²) in [5, 5.41) is 3.09. The molecule has 0 aliphatic heterocycles. The number of nitrogens with zero attached hydrogens (tertiary/aromatic N) is 2. The minimum absolute atomic E-state index is 0.189. The van der Waals surface area contributed by atoms with Crippen molar-refractivity contribution in [2.45, 2.75) is 66.3 Å². The number of ether oxygens (including phenoxy) is 1. The first kappa shape index (κ1) is 27.9. The highest BCUT2D eigenvalue weighted by Crippen LogP contribution is 2.33. The van der Waals surface area contributed by atoms with E-state index >= 15 is 0 Å². The van der Waals surface area contributed by atoms with E-state index in [9.17, 15) is 14.4 Å². The SMILES string of the molecule is C=CCN(C(=O)Nc1c(C(C)C)cccc1C(C)C)C(C)C(=O)c1c(C)c(C(=O)OC)n(C)c1C. The summed E-state index contributed by atoms with van der Waals surface area (Å²) in [4.78, 5) is 41.0. The summed E-state index contributed by atoms with van der Waals surface area (Å²) in [5.74, 6) is -0.333. The topological polar surface area (TPSA) is 80.6 Å². The van der Waals surface area contributed by atoms with Gasteiger partial charge in [0.05, 0.1) is 13.2 Å². The predicted molar refractivity (Wildman–Crippen MR) is 141 cm³/mol. The molecule has 7 heteroatoms. The Labute approximate surface area is 209 Å². The number of hydrogen-bond donors (Lipinski definition) is 1. The minimum Gasteiger partial charge on any atom is -0.464 e. The van der Waals surface area contributed by atoms with Crippen molar-refractivity contribution in [1.82, 2.24) is 9.47 Å². The summed E-state index contributed by atoms with van der Waals surface area (Å²) in [6.07, 6.45) is 1.60. The molecule has 35 heavy (non-hydrogen) atoms. The number of methoxy groups -OCH3 is 1. The third-order valence-corrected chi connectivity index (χ3v) is 6.59. The smallest absolute Gasteiger partial charge is 0.354 e. The highest BCUT2D eigenvalue weighted by atomic mass is 16.5. The highest BCUT2D eigenvalue weighted by Gasteiger charge is 2.32.